The van der Waals surface area contributed by atoms with Gasteiger partial charge in [0.25, 0.3) is 0 Å². The molecule has 1 saturated carbocycles. The van der Waals surface area contributed by atoms with Crippen molar-refractivity contribution in [2.24, 2.45) is 0 Å². The van der Waals surface area contributed by atoms with Crippen LogP contribution in [0.2, 0.25) is 0 Å². The maximum Gasteiger partial charge on any atom is 0.246 e. The van der Waals surface area contributed by atoms with E-state index < -0.39 is 15.6 Å². The standard InChI is InChI=1S/C17H23FN2O2S/c1-3-19-16-15(13-7-9-14(18)10-8-13)23(21,22)20(2)17(16)11-5-4-6-12-17/h7-10,19H,3-6,11-12H2,1-2H3. The molecular weight excluding hydrogens is 315 g/mol. The third-order valence-corrected chi connectivity index (χ3v) is 7.08. The Balaban J connectivity index is 2.23. The zero-order valence-corrected chi connectivity index (χ0v) is 14.4. The molecule has 1 spiro atoms. The van der Waals surface area contributed by atoms with Gasteiger partial charge in [0.05, 0.1) is 11.2 Å². The Kier molecular flexibility index (Phi) is 4.23. The Morgan fingerprint density at radius 2 is 1.78 bits per heavy atom. The molecule has 126 valence electrons. The van der Waals surface area contributed by atoms with Gasteiger partial charge in [0.2, 0.25) is 10.0 Å². The minimum absolute atomic E-state index is 0.309. The van der Waals surface area contributed by atoms with E-state index in [0.717, 1.165) is 37.8 Å². The molecule has 0 radical (unpaired) electrons. The van der Waals surface area contributed by atoms with E-state index in [4.69, 9.17) is 0 Å². The Labute approximate surface area is 137 Å². The molecule has 1 aliphatic carbocycles. The molecule has 23 heavy (non-hydrogen) atoms. The Morgan fingerprint density at radius 1 is 1.17 bits per heavy atom. The van der Waals surface area contributed by atoms with E-state index in [1.54, 1.807) is 19.2 Å². The van der Waals surface area contributed by atoms with Crippen molar-refractivity contribution in [2.75, 3.05) is 13.6 Å². The molecule has 6 heteroatoms. The number of halogens is 1. The molecule has 1 aliphatic heterocycles. The van der Waals surface area contributed by atoms with Crippen molar-refractivity contribution >= 4 is 14.9 Å². The largest absolute Gasteiger partial charge is 0.386 e. The number of nitrogens with zero attached hydrogens (tertiary/aromatic N) is 1. The zero-order valence-electron chi connectivity index (χ0n) is 13.6. The van der Waals surface area contributed by atoms with Gasteiger partial charge in [-0.1, -0.05) is 31.4 Å². The van der Waals surface area contributed by atoms with Crippen molar-refractivity contribution in [3.05, 3.63) is 41.3 Å². The average molecular weight is 338 g/mol. The molecule has 0 saturated heterocycles. The highest BCUT2D eigenvalue weighted by atomic mass is 32.2. The summed E-state index contributed by atoms with van der Waals surface area (Å²) in [6, 6.07) is 5.73. The predicted octanol–water partition coefficient (Wildman–Crippen LogP) is 3.08. The van der Waals surface area contributed by atoms with Crippen LogP contribution >= 0.6 is 0 Å². The summed E-state index contributed by atoms with van der Waals surface area (Å²) < 4.78 is 40.9. The van der Waals surface area contributed by atoms with Gasteiger partial charge in [0.15, 0.2) is 0 Å². The van der Waals surface area contributed by atoms with E-state index in [1.807, 2.05) is 6.92 Å². The van der Waals surface area contributed by atoms with Crippen molar-refractivity contribution in [1.82, 2.24) is 9.62 Å². The zero-order chi connectivity index (χ0) is 16.7. The molecule has 2 aliphatic rings. The SMILES string of the molecule is CCNC1=C(c2ccc(F)cc2)S(=O)(=O)N(C)C12CCCCC2. The van der Waals surface area contributed by atoms with Crippen LogP contribution < -0.4 is 5.32 Å². The second-order valence-corrected chi connectivity index (χ2v) is 8.21. The lowest BCUT2D eigenvalue weighted by atomic mass is 9.78. The minimum atomic E-state index is -3.58. The third kappa shape index (κ3) is 2.48. The molecule has 1 fully saturated rings. The van der Waals surface area contributed by atoms with Gasteiger partial charge >= 0.3 is 0 Å². The quantitative estimate of drug-likeness (QED) is 0.921. The molecule has 1 N–H and O–H groups in total. The highest BCUT2D eigenvalue weighted by molar-refractivity contribution is 7.98. The van der Waals surface area contributed by atoms with Gasteiger partial charge in [-0.3, -0.25) is 0 Å². The number of hydrogen-bond donors (Lipinski definition) is 1. The third-order valence-electron chi connectivity index (χ3n) is 5.05. The first-order valence-electron chi connectivity index (χ1n) is 8.17. The van der Waals surface area contributed by atoms with Gasteiger partial charge < -0.3 is 5.32 Å². The number of benzene rings is 1. The first-order valence-corrected chi connectivity index (χ1v) is 9.61. The summed E-state index contributed by atoms with van der Waals surface area (Å²) in [4.78, 5) is 0.309. The summed E-state index contributed by atoms with van der Waals surface area (Å²) in [6.07, 6.45) is 4.84. The van der Waals surface area contributed by atoms with Crippen LogP contribution in [0.3, 0.4) is 0 Å². The number of likely N-dealkylation sites (N-methyl/N-ethyl adjacent to an activating group) is 2. The fourth-order valence-electron chi connectivity index (χ4n) is 3.88. The highest BCUT2D eigenvalue weighted by Crippen LogP contribution is 2.49. The van der Waals surface area contributed by atoms with Crippen molar-refractivity contribution in [3.8, 4) is 0 Å². The van der Waals surface area contributed by atoms with Crippen LogP contribution in [0.4, 0.5) is 4.39 Å². The van der Waals surface area contributed by atoms with Crippen molar-refractivity contribution < 1.29 is 12.8 Å². The number of nitrogens with one attached hydrogen (secondary N) is 1. The normalized spacial score (nSPS) is 23.4. The second kappa shape index (κ2) is 5.91. The monoisotopic (exact) mass is 338 g/mol. The maximum atomic E-state index is 13.2. The van der Waals surface area contributed by atoms with E-state index in [1.165, 1.54) is 16.4 Å². The molecular formula is C17H23FN2O2S. The van der Waals surface area contributed by atoms with E-state index in [2.05, 4.69) is 5.32 Å². The predicted molar refractivity (Wildman–Crippen MR) is 89.5 cm³/mol. The molecule has 0 unspecified atom stereocenters. The Morgan fingerprint density at radius 3 is 2.35 bits per heavy atom. The fraction of sp³-hybridized carbons (Fsp3) is 0.529. The van der Waals surface area contributed by atoms with Crippen LogP contribution in [0.15, 0.2) is 30.0 Å². The van der Waals surface area contributed by atoms with Crippen LogP contribution in [0.1, 0.15) is 44.6 Å². The first kappa shape index (κ1) is 16.5. The summed E-state index contributed by atoms with van der Waals surface area (Å²) >= 11 is 0. The number of rotatable bonds is 3. The van der Waals surface area contributed by atoms with Crippen LogP contribution in [-0.4, -0.2) is 31.9 Å². The molecule has 0 aromatic heterocycles. The topological polar surface area (TPSA) is 49.4 Å². The molecule has 1 heterocycles. The average Bonchev–Trinajstić information content (AvgIpc) is 2.69. The molecule has 3 rings (SSSR count). The highest BCUT2D eigenvalue weighted by Gasteiger charge is 2.54. The van der Waals surface area contributed by atoms with Crippen LogP contribution in [-0.2, 0) is 10.0 Å². The number of sulfonamides is 1. The summed E-state index contributed by atoms with van der Waals surface area (Å²) in [5.74, 6) is -0.365. The fourth-order valence-corrected chi connectivity index (χ4v) is 5.84. The minimum Gasteiger partial charge on any atom is -0.386 e. The number of hydrogen-bond acceptors (Lipinski definition) is 3. The second-order valence-electron chi connectivity index (χ2n) is 6.31. The summed E-state index contributed by atoms with van der Waals surface area (Å²) in [7, 11) is -1.91. The van der Waals surface area contributed by atoms with Gasteiger partial charge in [0, 0.05) is 13.6 Å². The molecule has 0 atom stereocenters. The summed E-state index contributed by atoms with van der Waals surface area (Å²) in [5.41, 5.74) is 0.863. The van der Waals surface area contributed by atoms with Crippen molar-refractivity contribution in [2.45, 2.75) is 44.6 Å². The van der Waals surface area contributed by atoms with Gasteiger partial charge in [-0.25, -0.2) is 12.8 Å². The Hall–Kier alpha value is -1.40. The van der Waals surface area contributed by atoms with E-state index >= 15 is 0 Å². The van der Waals surface area contributed by atoms with Crippen molar-refractivity contribution in [3.63, 3.8) is 0 Å². The van der Waals surface area contributed by atoms with Crippen LogP contribution in [0, 0.1) is 5.82 Å². The smallest absolute Gasteiger partial charge is 0.246 e. The molecule has 0 bridgehead atoms. The van der Waals surface area contributed by atoms with Crippen LogP contribution in [0.5, 0.6) is 0 Å². The maximum absolute atomic E-state index is 13.2. The van der Waals surface area contributed by atoms with Gasteiger partial charge in [-0.15, -0.1) is 0 Å². The Bertz CT molecular complexity index is 719. The van der Waals surface area contributed by atoms with E-state index in [0.29, 0.717) is 17.0 Å². The molecule has 4 nitrogen and oxygen atoms in total. The van der Waals surface area contributed by atoms with Gasteiger partial charge in [-0.05, 0) is 37.5 Å². The van der Waals surface area contributed by atoms with Gasteiger partial charge in [-0.2, -0.15) is 4.31 Å². The van der Waals surface area contributed by atoms with E-state index in [9.17, 15) is 12.8 Å². The van der Waals surface area contributed by atoms with E-state index in [-0.39, 0.29) is 5.82 Å². The first-order chi connectivity index (χ1) is 10.9. The lowest BCUT2D eigenvalue weighted by Gasteiger charge is -2.40. The molecule has 1 aromatic rings. The van der Waals surface area contributed by atoms with Crippen LogP contribution in [0.25, 0.3) is 4.91 Å². The van der Waals surface area contributed by atoms with Crippen molar-refractivity contribution in [1.29, 1.82) is 0 Å². The molecule has 1 aromatic carbocycles. The molecule has 0 amide bonds. The lowest BCUT2D eigenvalue weighted by molar-refractivity contribution is 0.192. The van der Waals surface area contributed by atoms with Gasteiger partial charge in [0.1, 0.15) is 10.7 Å². The lowest BCUT2D eigenvalue weighted by Crippen LogP contribution is -2.49. The summed E-state index contributed by atoms with van der Waals surface area (Å²) in [6.45, 7) is 2.63. The summed E-state index contributed by atoms with van der Waals surface area (Å²) in [5, 5.41) is 3.32.